The molecule has 2 N–H and O–H groups in total. The maximum Gasteiger partial charge on any atom is 0.323 e. The van der Waals surface area contributed by atoms with E-state index in [0.29, 0.717) is 13.0 Å². The minimum absolute atomic E-state index is 0.00748. The van der Waals surface area contributed by atoms with Crippen molar-refractivity contribution in [2.24, 2.45) is 0 Å². The Kier molecular flexibility index (Phi) is 6.60. The van der Waals surface area contributed by atoms with Crippen LogP contribution in [-0.2, 0) is 14.6 Å². The maximum absolute atomic E-state index is 12.0. The predicted molar refractivity (Wildman–Crippen MR) is 77.8 cm³/mol. The number of carbonyl (C=O) groups excluding carboxylic acids is 1. The van der Waals surface area contributed by atoms with Gasteiger partial charge in [-0.05, 0) is 24.9 Å². The number of urea groups is 1. The fraction of sp³-hybridized carbons (Fsp3) is 0.818. The Morgan fingerprint density at radius 1 is 1.45 bits per heavy atom. The second-order valence-electron chi connectivity index (χ2n) is 4.66. The number of nitrogens with zero attached hydrogens (tertiary/aromatic N) is 1. The topological polar surface area (TPSA) is 104 Å². The minimum atomic E-state index is -3.16. The summed E-state index contributed by atoms with van der Waals surface area (Å²) in [5, 5.41) is 11.5. The molecule has 1 atom stereocenters. The van der Waals surface area contributed by atoms with Gasteiger partial charge in [0.15, 0.2) is 9.84 Å². The molecule has 2 amide bonds. The molecule has 1 aliphatic heterocycles. The third kappa shape index (κ3) is 5.58. The molecule has 0 aliphatic carbocycles. The molecule has 0 aromatic heterocycles. The highest BCUT2D eigenvalue weighted by Gasteiger charge is 2.35. The van der Waals surface area contributed by atoms with Crippen LogP contribution in [-0.4, -0.2) is 73.1 Å². The smallest absolute Gasteiger partial charge is 0.323 e. The average Bonchev–Trinajstić information content (AvgIpc) is 2.71. The molecule has 0 aromatic rings. The summed E-state index contributed by atoms with van der Waals surface area (Å²) in [4.78, 5) is 23.9. The van der Waals surface area contributed by atoms with Crippen molar-refractivity contribution in [1.82, 2.24) is 10.2 Å². The fourth-order valence-electron chi connectivity index (χ4n) is 2.05. The number of carboxylic acids is 1. The van der Waals surface area contributed by atoms with Gasteiger partial charge >= 0.3 is 12.0 Å². The molecule has 1 rings (SSSR count). The largest absolute Gasteiger partial charge is 0.480 e. The lowest BCUT2D eigenvalue weighted by Gasteiger charge is -2.26. The van der Waals surface area contributed by atoms with Gasteiger partial charge in [0.05, 0.1) is 11.5 Å². The first kappa shape index (κ1) is 17.1. The molecule has 0 spiro atoms. The van der Waals surface area contributed by atoms with Gasteiger partial charge in [0.2, 0.25) is 0 Å². The normalized spacial score (nSPS) is 20.6. The van der Waals surface area contributed by atoms with E-state index >= 15 is 0 Å². The van der Waals surface area contributed by atoms with Crippen LogP contribution in [0.15, 0.2) is 0 Å². The number of nitrogens with one attached hydrogen (secondary N) is 1. The molecule has 1 saturated heterocycles. The van der Waals surface area contributed by atoms with E-state index in [9.17, 15) is 18.0 Å². The molecule has 0 radical (unpaired) electrons. The van der Waals surface area contributed by atoms with Crippen LogP contribution in [0.2, 0.25) is 0 Å². The van der Waals surface area contributed by atoms with Gasteiger partial charge in [-0.15, -0.1) is 0 Å². The van der Waals surface area contributed by atoms with Gasteiger partial charge in [0.25, 0.3) is 0 Å². The van der Waals surface area contributed by atoms with Crippen LogP contribution in [0.5, 0.6) is 0 Å². The van der Waals surface area contributed by atoms with Crippen molar-refractivity contribution in [1.29, 1.82) is 0 Å². The maximum atomic E-state index is 12.0. The molecule has 1 aliphatic rings. The lowest BCUT2D eigenvalue weighted by Crippen LogP contribution is -2.49. The van der Waals surface area contributed by atoms with Crippen molar-refractivity contribution in [3.63, 3.8) is 0 Å². The lowest BCUT2D eigenvalue weighted by molar-refractivity contribution is -0.138. The average molecular weight is 324 g/mol. The van der Waals surface area contributed by atoms with Crippen molar-refractivity contribution < 1.29 is 23.1 Å². The summed E-state index contributed by atoms with van der Waals surface area (Å²) in [6.45, 7) is -0.0240. The van der Waals surface area contributed by atoms with Gasteiger partial charge in [-0.25, -0.2) is 13.2 Å². The highest BCUT2D eigenvalue weighted by molar-refractivity contribution is 7.98. The third-order valence-electron chi connectivity index (χ3n) is 3.02. The van der Waals surface area contributed by atoms with Crippen LogP contribution in [0.4, 0.5) is 4.79 Å². The number of thioether (sulfide) groups is 1. The molecule has 1 heterocycles. The number of sulfone groups is 1. The quantitative estimate of drug-likeness (QED) is 0.640. The molecule has 9 heteroatoms. The van der Waals surface area contributed by atoms with E-state index in [4.69, 9.17) is 5.11 Å². The standard InChI is InChI=1S/C11H20N2O5S2/c1-19-5-2-4-12-11(16)13(7-10(14)15)9-3-6-20(17,18)8-9/h9H,2-8H2,1H3,(H,12,16)(H,14,15). The molecule has 1 unspecified atom stereocenters. The van der Waals surface area contributed by atoms with E-state index in [-0.39, 0.29) is 11.5 Å². The van der Waals surface area contributed by atoms with E-state index in [1.54, 1.807) is 11.8 Å². The van der Waals surface area contributed by atoms with Crippen LogP contribution >= 0.6 is 11.8 Å². The van der Waals surface area contributed by atoms with Crippen molar-refractivity contribution >= 4 is 33.6 Å². The van der Waals surface area contributed by atoms with Crippen LogP contribution in [0.25, 0.3) is 0 Å². The molecular formula is C11H20N2O5S2. The number of carbonyl (C=O) groups is 2. The van der Waals surface area contributed by atoms with Gasteiger partial charge in [-0.2, -0.15) is 11.8 Å². The van der Waals surface area contributed by atoms with Gasteiger partial charge in [0.1, 0.15) is 6.54 Å². The zero-order valence-corrected chi connectivity index (χ0v) is 13.0. The van der Waals surface area contributed by atoms with E-state index in [2.05, 4.69) is 5.32 Å². The Morgan fingerprint density at radius 2 is 2.15 bits per heavy atom. The van der Waals surface area contributed by atoms with E-state index in [0.717, 1.165) is 17.1 Å². The molecule has 0 bridgehead atoms. The van der Waals surface area contributed by atoms with Gasteiger partial charge in [-0.1, -0.05) is 0 Å². The van der Waals surface area contributed by atoms with Crippen molar-refractivity contribution in [3.05, 3.63) is 0 Å². The summed E-state index contributed by atoms with van der Waals surface area (Å²) in [5.41, 5.74) is 0. The Bertz CT molecular complexity index is 452. The second-order valence-corrected chi connectivity index (χ2v) is 7.87. The molecule has 0 saturated carbocycles. The van der Waals surface area contributed by atoms with Crippen molar-refractivity contribution in [3.8, 4) is 0 Å². The first-order valence-corrected chi connectivity index (χ1v) is 9.53. The summed E-state index contributed by atoms with van der Waals surface area (Å²) in [6, 6.07) is -1.05. The highest BCUT2D eigenvalue weighted by atomic mass is 32.2. The number of carboxylic acid groups (broad SMARTS) is 1. The monoisotopic (exact) mass is 324 g/mol. The Balaban J connectivity index is 2.60. The number of aliphatic carboxylic acids is 1. The van der Waals surface area contributed by atoms with Crippen molar-refractivity contribution in [2.75, 3.05) is 36.6 Å². The summed E-state index contributed by atoms with van der Waals surface area (Å²) in [7, 11) is -3.16. The lowest BCUT2D eigenvalue weighted by atomic mass is 10.2. The Hall–Kier alpha value is -0.960. The van der Waals surface area contributed by atoms with Crippen LogP contribution in [0.1, 0.15) is 12.8 Å². The van der Waals surface area contributed by atoms with Crippen LogP contribution in [0.3, 0.4) is 0 Å². The second kappa shape index (κ2) is 7.72. The summed E-state index contributed by atoms with van der Waals surface area (Å²) in [5.74, 6) is -0.392. The Labute approximate surface area is 123 Å². The molecule has 20 heavy (non-hydrogen) atoms. The van der Waals surface area contributed by atoms with Crippen LogP contribution in [0, 0.1) is 0 Å². The van der Waals surface area contributed by atoms with E-state index in [1.165, 1.54) is 0 Å². The summed E-state index contributed by atoms with van der Waals surface area (Å²) in [6.07, 6.45) is 3.05. The van der Waals surface area contributed by atoms with E-state index in [1.807, 2.05) is 6.26 Å². The molecule has 116 valence electrons. The van der Waals surface area contributed by atoms with Gasteiger partial charge < -0.3 is 15.3 Å². The van der Waals surface area contributed by atoms with E-state index < -0.39 is 34.4 Å². The fourth-order valence-corrected chi connectivity index (χ4v) is 4.21. The number of hydrogen-bond acceptors (Lipinski definition) is 5. The predicted octanol–water partition coefficient (Wildman–Crippen LogP) is 0.0228. The first-order chi connectivity index (χ1) is 9.35. The third-order valence-corrected chi connectivity index (χ3v) is 5.46. The van der Waals surface area contributed by atoms with Crippen LogP contribution < -0.4 is 5.32 Å². The highest BCUT2D eigenvalue weighted by Crippen LogP contribution is 2.17. The SMILES string of the molecule is CSCCCNC(=O)N(CC(=O)O)C1CCS(=O)(=O)C1. The summed E-state index contributed by atoms with van der Waals surface area (Å²) < 4.78 is 22.9. The van der Waals surface area contributed by atoms with Crippen molar-refractivity contribution in [2.45, 2.75) is 18.9 Å². The minimum Gasteiger partial charge on any atom is -0.480 e. The van der Waals surface area contributed by atoms with Gasteiger partial charge in [0, 0.05) is 12.6 Å². The molecule has 0 aromatic carbocycles. The Morgan fingerprint density at radius 3 is 2.65 bits per heavy atom. The molecule has 1 fully saturated rings. The summed E-state index contributed by atoms with van der Waals surface area (Å²) >= 11 is 1.66. The molecule has 7 nitrogen and oxygen atoms in total. The zero-order chi connectivity index (χ0) is 15.2. The molecular weight excluding hydrogens is 304 g/mol. The van der Waals surface area contributed by atoms with Gasteiger partial charge in [-0.3, -0.25) is 4.79 Å². The number of amides is 2. The first-order valence-electron chi connectivity index (χ1n) is 6.31. The zero-order valence-electron chi connectivity index (χ0n) is 11.4. The number of hydrogen-bond donors (Lipinski definition) is 2. The number of rotatable bonds is 7.